The van der Waals surface area contributed by atoms with Crippen LogP contribution in [0.2, 0.25) is 0 Å². The number of nitrogens with one attached hydrogen (secondary N) is 1. The number of ether oxygens (including phenoxy) is 2. The summed E-state index contributed by atoms with van der Waals surface area (Å²) in [6.45, 7) is 5.80. The lowest BCUT2D eigenvalue weighted by Gasteiger charge is -2.29. The summed E-state index contributed by atoms with van der Waals surface area (Å²) < 4.78 is 38.7. The van der Waals surface area contributed by atoms with Gasteiger partial charge in [-0.15, -0.1) is 0 Å². The molecule has 0 aromatic heterocycles. The molecule has 0 aliphatic heterocycles. The van der Waals surface area contributed by atoms with E-state index in [1.54, 1.807) is 60.5 Å². The van der Waals surface area contributed by atoms with Gasteiger partial charge in [-0.2, -0.15) is 0 Å². The fraction of sp³-hybridized carbons (Fsp3) is 0.435. The fourth-order valence-electron chi connectivity index (χ4n) is 3.46. The molecule has 168 valence electrons. The van der Waals surface area contributed by atoms with Gasteiger partial charge in [-0.1, -0.05) is 0 Å². The first-order valence-electron chi connectivity index (χ1n) is 10.4. The zero-order valence-electron chi connectivity index (χ0n) is 18.4. The van der Waals surface area contributed by atoms with Crippen LogP contribution in [0, 0.1) is 5.92 Å². The number of amides is 1. The van der Waals surface area contributed by atoms with Crippen molar-refractivity contribution in [1.29, 1.82) is 0 Å². The average Bonchev–Trinajstić information content (AvgIpc) is 3.54. The second-order valence-electron chi connectivity index (χ2n) is 8.09. The highest BCUT2D eigenvalue weighted by Crippen LogP contribution is 2.37. The Labute approximate surface area is 184 Å². The zero-order chi connectivity index (χ0) is 22.6. The summed E-state index contributed by atoms with van der Waals surface area (Å²) in [6, 6.07) is 13.6. The van der Waals surface area contributed by atoms with E-state index in [-0.39, 0.29) is 12.1 Å². The minimum absolute atomic E-state index is 0.0255. The van der Waals surface area contributed by atoms with Gasteiger partial charge in [-0.25, -0.2) is 8.42 Å². The van der Waals surface area contributed by atoms with E-state index in [4.69, 9.17) is 9.47 Å². The number of hydrogen-bond donors (Lipinski definition) is 1. The first-order chi connectivity index (χ1) is 14.7. The Morgan fingerprint density at radius 1 is 1.03 bits per heavy atom. The van der Waals surface area contributed by atoms with Crippen LogP contribution in [0.5, 0.6) is 11.5 Å². The molecule has 1 atom stereocenters. The predicted octanol–water partition coefficient (Wildman–Crippen LogP) is 4.06. The van der Waals surface area contributed by atoms with E-state index in [1.807, 2.05) is 20.8 Å². The average molecular weight is 447 g/mol. The minimum atomic E-state index is -3.88. The number of sulfonamides is 1. The van der Waals surface area contributed by atoms with Crippen LogP contribution < -0.4 is 19.1 Å². The van der Waals surface area contributed by atoms with E-state index in [0.717, 1.165) is 12.8 Å². The van der Waals surface area contributed by atoms with E-state index in [2.05, 4.69) is 4.72 Å². The minimum Gasteiger partial charge on any atom is -0.497 e. The summed E-state index contributed by atoms with van der Waals surface area (Å²) >= 11 is 0. The molecular weight excluding hydrogens is 416 g/mol. The van der Waals surface area contributed by atoms with Gasteiger partial charge >= 0.3 is 0 Å². The van der Waals surface area contributed by atoms with Crippen LogP contribution in [-0.2, 0) is 14.8 Å². The van der Waals surface area contributed by atoms with Crippen molar-refractivity contribution in [3.8, 4) is 11.5 Å². The van der Waals surface area contributed by atoms with Gasteiger partial charge in [-0.05, 0) is 88.1 Å². The smallest absolute Gasteiger partial charge is 0.244 e. The van der Waals surface area contributed by atoms with E-state index in [0.29, 0.717) is 28.8 Å². The lowest BCUT2D eigenvalue weighted by atomic mass is 10.1. The number of hydrogen-bond acceptors (Lipinski definition) is 5. The zero-order valence-corrected chi connectivity index (χ0v) is 19.2. The molecule has 0 spiro atoms. The largest absolute Gasteiger partial charge is 0.497 e. The Bertz CT molecular complexity index is 984. The molecule has 7 nitrogen and oxygen atoms in total. The number of carbonyl (C=O) groups is 1. The Kier molecular flexibility index (Phi) is 7.10. The third-order valence-electron chi connectivity index (χ3n) is 5.14. The van der Waals surface area contributed by atoms with Crippen LogP contribution >= 0.6 is 0 Å². The molecule has 1 unspecified atom stereocenters. The number of carbonyl (C=O) groups excluding carboxylic acids is 1. The second-order valence-corrected chi connectivity index (χ2v) is 9.81. The van der Waals surface area contributed by atoms with Crippen molar-refractivity contribution in [2.24, 2.45) is 5.92 Å². The summed E-state index contributed by atoms with van der Waals surface area (Å²) in [5, 5.41) is 0. The molecule has 0 heterocycles. The van der Waals surface area contributed by atoms with Crippen molar-refractivity contribution < 1.29 is 22.7 Å². The molecule has 31 heavy (non-hydrogen) atoms. The molecule has 1 aliphatic carbocycles. The third-order valence-corrected chi connectivity index (χ3v) is 6.32. The quantitative estimate of drug-likeness (QED) is 0.595. The molecular formula is C23H30N2O5S. The number of anilines is 2. The van der Waals surface area contributed by atoms with Gasteiger partial charge in [0.15, 0.2) is 0 Å². The Balaban J connectivity index is 1.73. The maximum absolute atomic E-state index is 13.1. The Hall–Kier alpha value is -2.74. The molecule has 0 saturated heterocycles. The lowest BCUT2D eigenvalue weighted by molar-refractivity contribution is -0.116. The van der Waals surface area contributed by atoms with Crippen molar-refractivity contribution in [2.75, 3.05) is 22.5 Å². The molecule has 2 aromatic carbocycles. The van der Waals surface area contributed by atoms with Crippen molar-refractivity contribution in [3.05, 3.63) is 48.5 Å². The van der Waals surface area contributed by atoms with Crippen LogP contribution in [0.25, 0.3) is 0 Å². The van der Waals surface area contributed by atoms with E-state index < -0.39 is 21.7 Å². The molecule has 1 aliphatic rings. The molecule has 1 amide bonds. The predicted molar refractivity (Wildman–Crippen MR) is 122 cm³/mol. The molecule has 0 bridgehead atoms. The van der Waals surface area contributed by atoms with Crippen LogP contribution in [0.15, 0.2) is 48.5 Å². The van der Waals surface area contributed by atoms with Gasteiger partial charge in [0.2, 0.25) is 15.9 Å². The maximum atomic E-state index is 13.1. The van der Waals surface area contributed by atoms with Gasteiger partial charge in [0.1, 0.15) is 17.3 Å². The summed E-state index contributed by atoms with van der Waals surface area (Å²) in [5.74, 6) is 0.611. The SMILES string of the molecule is COc1ccc(N(C(=O)CS(=O)(=O)Nc2ccc(OC(C)C)cc2)C(C)C2CC2)cc1. The third kappa shape index (κ3) is 6.37. The Morgan fingerprint density at radius 3 is 2.13 bits per heavy atom. The Morgan fingerprint density at radius 2 is 1.61 bits per heavy atom. The van der Waals surface area contributed by atoms with Gasteiger partial charge < -0.3 is 14.4 Å². The van der Waals surface area contributed by atoms with Crippen molar-refractivity contribution in [2.45, 2.75) is 45.8 Å². The molecule has 3 rings (SSSR count). The monoisotopic (exact) mass is 446 g/mol. The maximum Gasteiger partial charge on any atom is 0.244 e. The number of rotatable bonds is 10. The molecule has 1 saturated carbocycles. The first-order valence-corrected chi connectivity index (χ1v) is 12.1. The highest BCUT2D eigenvalue weighted by atomic mass is 32.2. The molecule has 1 N–H and O–H groups in total. The lowest BCUT2D eigenvalue weighted by Crippen LogP contribution is -2.44. The normalized spacial score (nSPS) is 14.7. The molecule has 0 radical (unpaired) electrons. The highest BCUT2D eigenvalue weighted by molar-refractivity contribution is 7.93. The van der Waals surface area contributed by atoms with Crippen LogP contribution in [0.4, 0.5) is 11.4 Å². The summed E-state index contributed by atoms with van der Waals surface area (Å²) in [4.78, 5) is 14.7. The standard InChI is InChI=1S/C23H30N2O5S/c1-16(2)30-22-11-7-19(8-12-22)24-31(27,28)15-23(26)25(17(3)18-5-6-18)20-9-13-21(29-4)14-10-20/h7-14,16-18,24H,5-6,15H2,1-4H3. The van der Waals surface area contributed by atoms with E-state index in [1.165, 1.54) is 0 Å². The molecule has 2 aromatic rings. The van der Waals surface area contributed by atoms with Gasteiger partial charge in [0.25, 0.3) is 0 Å². The number of methoxy groups -OCH3 is 1. The fourth-order valence-corrected chi connectivity index (χ4v) is 4.49. The highest BCUT2D eigenvalue weighted by Gasteiger charge is 2.36. The summed E-state index contributed by atoms with van der Waals surface area (Å²) in [5.41, 5.74) is 1.05. The van der Waals surface area contributed by atoms with Crippen LogP contribution in [0.1, 0.15) is 33.6 Å². The second kappa shape index (κ2) is 9.60. The van der Waals surface area contributed by atoms with Crippen LogP contribution in [0.3, 0.4) is 0 Å². The van der Waals surface area contributed by atoms with Gasteiger partial charge in [-0.3, -0.25) is 9.52 Å². The summed E-state index contributed by atoms with van der Waals surface area (Å²) in [7, 11) is -2.31. The van der Waals surface area contributed by atoms with Crippen LogP contribution in [-0.4, -0.2) is 39.3 Å². The first kappa shape index (κ1) is 22.9. The van der Waals surface area contributed by atoms with Crippen molar-refractivity contribution in [3.63, 3.8) is 0 Å². The number of benzene rings is 2. The topological polar surface area (TPSA) is 84.9 Å². The van der Waals surface area contributed by atoms with Gasteiger partial charge in [0, 0.05) is 17.4 Å². The summed E-state index contributed by atoms with van der Waals surface area (Å²) in [6.07, 6.45) is 2.10. The van der Waals surface area contributed by atoms with Crippen molar-refractivity contribution in [1.82, 2.24) is 0 Å². The molecule has 8 heteroatoms. The number of nitrogens with zero attached hydrogens (tertiary/aromatic N) is 1. The molecule has 1 fully saturated rings. The van der Waals surface area contributed by atoms with Gasteiger partial charge in [0.05, 0.1) is 13.2 Å². The van der Waals surface area contributed by atoms with E-state index >= 15 is 0 Å². The van der Waals surface area contributed by atoms with Crippen molar-refractivity contribution >= 4 is 27.3 Å². The van der Waals surface area contributed by atoms with E-state index in [9.17, 15) is 13.2 Å².